The molecule has 0 saturated carbocycles. The van der Waals surface area contributed by atoms with Crippen LogP contribution in [0.5, 0.6) is 5.75 Å². The first-order valence-electron chi connectivity index (χ1n) is 11.3. The molecule has 0 aliphatic carbocycles. The van der Waals surface area contributed by atoms with Crippen molar-refractivity contribution in [1.29, 1.82) is 0 Å². The molecule has 8 nitrogen and oxygen atoms in total. The average molecular weight is 574 g/mol. The van der Waals surface area contributed by atoms with Gasteiger partial charge in [-0.2, -0.15) is 5.10 Å². The van der Waals surface area contributed by atoms with Gasteiger partial charge in [0.2, 0.25) is 5.91 Å². The molecule has 0 bridgehead atoms. The average Bonchev–Trinajstić information content (AvgIpc) is 3.34. The highest BCUT2D eigenvalue weighted by molar-refractivity contribution is 14.0. The monoisotopic (exact) mass is 574 g/mol. The van der Waals surface area contributed by atoms with Crippen LogP contribution in [0.1, 0.15) is 30.0 Å². The first-order valence-corrected chi connectivity index (χ1v) is 11.3. The number of hydrogen-bond acceptors (Lipinski definition) is 4. The second-order valence-electron chi connectivity index (χ2n) is 7.81. The van der Waals surface area contributed by atoms with Crippen LogP contribution in [0, 0.1) is 0 Å². The first kappa shape index (κ1) is 25.5. The molecule has 4 rings (SSSR count). The first-order chi connectivity index (χ1) is 16.2. The Morgan fingerprint density at radius 3 is 2.79 bits per heavy atom. The van der Waals surface area contributed by atoms with Crippen LogP contribution in [0.2, 0.25) is 0 Å². The number of hydrogen-bond donors (Lipinski definition) is 3. The van der Waals surface area contributed by atoms with E-state index in [9.17, 15) is 4.79 Å². The van der Waals surface area contributed by atoms with Gasteiger partial charge >= 0.3 is 0 Å². The summed E-state index contributed by atoms with van der Waals surface area (Å²) in [7, 11) is 0. The van der Waals surface area contributed by atoms with Gasteiger partial charge in [0, 0.05) is 31.0 Å². The Hall–Kier alpha value is -3.08. The highest BCUT2D eigenvalue weighted by Crippen LogP contribution is 2.26. The number of aryl methyl sites for hydroxylation is 1. The van der Waals surface area contributed by atoms with E-state index >= 15 is 0 Å². The lowest BCUT2D eigenvalue weighted by molar-refractivity contribution is -0.116. The number of carbonyl (C=O) groups excluding carboxylic acids is 1. The summed E-state index contributed by atoms with van der Waals surface area (Å²) in [6, 6.07) is 16.0. The van der Waals surface area contributed by atoms with Gasteiger partial charge in [0.15, 0.2) is 5.96 Å². The Bertz CT molecular complexity index is 1100. The molecule has 1 aliphatic heterocycles. The van der Waals surface area contributed by atoms with E-state index in [0.29, 0.717) is 26.1 Å². The molecule has 1 aliphatic rings. The number of benzene rings is 2. The number of aromatic nitrogens is 2. The maximum absolute atomic E-state index is 11.5. The standard InChI is InChI=1S/C25H30N6O2.HI/c1-2-26-25(28-17-20-6-3-4-7-21(20)18-31-14-5-12-29-31)27-13-15-33-22-9-10-23-19(16-22)8-11-24(32)30-23;/h3-7,9-10,12,14,16H,2,8,11,13,15,17-18H2,1H3,(H,30,32)(H2,26,27,28);1H. The van der Waals surface area contributed by atoms with Gasteiger partial charge in [0.25, 0.3) is 0 Å². The second-order valence-corrected chi connectivity index (χ2v) is 7.81. The Labute approximate surface area is 217 Å². The fourth-order valence-electron chi connectivity index (χ4n) is 3.73. The van der Waals surface area contributed by atoms with Crippen molar-refractivity contribution in [2.24, 2.45) is 4.99 Å². The van der Waals surface area contributed by atoms with Crippen LogP contribution in [-0.4, -0.2) is 41.3 Å². The molecule has 3 aromatic rings. The Morgan fingerprint density at radius 1 is 1.15 bits per heavy atom. The third kappa shape index (κ3) is 7.21. The van der Waals surface area contributed by atoms with E-state index in [4.69, 9.17) is 9.73 Å². The normalized spacial score (nSPS) is 12.9. The number of nitrogens with one attached hydrogen (secondary N) is 3. The number of anilines is 1. The number of rotatable bonds is 9. The molecule has 2 aromatic carbocycles. The second kappa shape index (κ2) is 13.0. The Morgan fingerprint density at radius 2 is 2.00 bits per heavy atom. The van der Waals surface area contributed by atoms with E-state index < -0.39 is 0 Å². The summed E-state index contributed by atoms with van der Waals surface area (Å²) < 4.78 is 7.82. The van der Waals surface area contributed by atoms with Crippen molar-refractivity contribution in [3.05, 3.63) is 77.6 Å². The summed E-state index contributed by atoms with van der Waals surface area (Å²) in [5.41, 5.74) is 4.37. The molecule has 1 aromatic heterocycles. The van der Waals surface area contributed by atoms with Crippen LogP contribution in [0.25, 0.3) is 0 Å². The van der Waals surface area contributed by atoms with Gasteiger partial charge in [0.1, 0.15) is 12.4 Å². The summed E-state index contributed by atoms with van der Waals surface area (Å²) in [6.07, 6.45) is 5.02. The molecule has 34 heavy (non-hydrogen) atoms. The van der Waals surface area contributed by atoms with Crippen molar-refractivity contribution >= 4 is 41.5 Å². The number of aliphatic imine (C=N–C) groups is 1. The predicted octanol–water partition coefficient (Wildman–Crippen LogP) is 3.57. The molecule has 0 unspecified atom stereocenters. The summed E-state index contributed by atoms with van der Waals surface area (Å²) in [4.78, 5) is 16.3. The van der Waals surface area contributed by atoms with E-state index in [1.807, 2.05) is 54.2 Å². The van der Waals surface area contributed by atoms with Crippen molar-refractivity contribution in [2.45, 2.75) is 32.9 Å². The molecule has 2 heterocycles. The lowest BCUT2D eigenvalue weighted by Crippen LogP contribution is -2.39. The topological polar surface area (TPSA) is 92.6 Å². The smallest absolute Gasteiger partial charge is 0.224 e. The van der Waals surface area contributed by atoms with Gasteiger partial charge in [-0.15, -0.1) is 24.0 Å². The maximum Gasteiger partial charge on any atom is 0.224 e. The lowest BCUT2D eigenvalue weighted by Gasteiger charge is -2.18. The molecule has 0 atom stereocenters. The number of carbonyl (C=O) groups is 1. The predicted molar refractivity (Wildman–Crippen MR) is 145 cm³/mol. The minimum atomic E-state index is 0. The molecule has 0 spiro atoms. The summed E-state index contributed by atoms with van der Waals surface area (Å²) in [5.74, 6) is 1.63. The SMILES string of the molecule is CCNC(=NCc1ccccc1Cn1cccn1)NCCOc1ccc2c(c1)CCC(=O)N2.I. The van der Waals surface area contributed by atoms with E-state index in [2.05, 4.69) is 33.2 Å². The van der Waals surface area contributed by atoms with Gasteiger partial charge in [-0.25, -0.2) is 4.99 Å². The molecule has 0 saturated heterocycles. The largest absolute Gasteiger partial charge is 0.492 e. The lowest BCUT2D eigenvalue weighted by atomic mass is 10.0. The molecule has 1 amide bonds. The highest BCUT2D eigenvalue weighted by atomic mass is 127. The zero-order valence-corrected chi connectivity index (χ0v) is 21.6. The van der Waals surface area contributed by atoms with Crippen molar-refractivity contribution in [1.82, 2.24) is 20.4 Å². The number of ether oxygens (including phenoxy) is 1. The fourth-order valence-corrected chi connectivity index (χ4v) is 3.73. The van der Waals surface area contributed by atoms with E-state index in [1.165, 1.54) is 11.1 Å². The third-order valence-corrected chi connectivity index (χ3v) is 5.40. The minimum absolute atomic E-state index is 0. The Kier molecular flexibility index (Phi) is 9.75. The fraction of sp³-hybridized carbons (Fsp3) is 0.320. The van der Waals surface area contributed by atoms with Crippen molar-refractivity contribution in [2.75, 3.05) is 25.0 Å². The summed E-state index contributed by atoms with van der Waals surface area (Å²) in [6.45, 7) is 5.24. The van der Waals surface area contributed by atoms with Crippen molar-refractivity contribution < 1.29 is 9.53 Å². The van der Waals surface area contributed by atoms with Crippen LogP contribution in [0.15, 0.2) is 65.9 Å². The minimum Gasteiger partial charge on any atom is -0.492 e. The van der Waals surface area contributed by atoms with Crippen molar-refractivity contribution in [3.8, 4) is 5.75 Å². The molecule has 9 heteroatoms. The molecule has 0 radical (unpaired) electrons. The van der Waals surface area contributed by atoms with Crippen LogP contribution in [0.4, 0.5) is 5.69 Å². The number of halogens is 1. The van der Waals surface area contributed by atoms with Crippen molar-refractivity contribution in [3.63, 3.8) is 0 Å². The zero-order valence-electron chi connectivity index (χ0n) is 19.3. The van der Waals surface area contributed by atoms with Crippen LogP contribution >= 0.6 is 24.0 Å². The summed E-state index contributed by atoms with van der Waals surface area (Å²) >= 11 is 0. The van der Waals surface area contributed by atoms with E-state index in [-0.39, 0.29) is 29.9 Å². The van der Waals surface area contributed by atoms with Gasteiger partial charge in [-0.3, -0.25) is 9.48 Å². The molecule has 180 valence electrons. The number of nitrogens with zero attached hydrogens (tertiary/aromatic N) is 3. The molecule has 0 fully saturated rings. The van der Waals surface area contributed by atoms with Gasteiger partial charge in [-0.05, 0) is 54.3 Å². The number of amides is 1. The number of guanidine groups is 1. The maximum atomic E-state index is 11.5. The quantitative estimate of drug-likeness (QED) is 0.157. The van der Waals surface area contributed by atoms with E-state index in [1.54, 1.807) is 6.20 Å². The van der Waals surface area contributed by atoms with Crippen LogP contribution in [0.3, 0.4) is 0 Å². The molecule has 3 N–H and O–H groups in total. The third-order valence-electron chi connectivity index (χ3n) is 5.40. The van der Waals surface area contributed by atoms with Gasteiger partial charge in [-0.1, -0.05) is 24.3 Å². The van der Waals surface area contributed by atoms with Gasteiger partial charge in [0.05, 0.1) is 19.6 Å². The summed E-state index contributed by atoms with van der Waals surface area (Å²) in [5, 5.41) is 13.8. The Balaban J connectivity index is 0.00000324. The van der Waals surface area contributed by atoms with Gasteiger partial charge < -0.3 is 20.7 Å². The van der Waals surface area contributed by atoms with Crippen LogP contribution in [-0.2, 0) is 24.3 Å². The highest BCUT2D eigenvalue weighted by Gasteiger charge is 2.15. The van der Waals surface area contributed by atoms with E-state index in [0.717, 1.165) is 42.5 Å². The zero-order chi connectivity index (χ0) is 22.9. The number of fused-ring (bicyclic) bond motifs is 1. The van der Waals surface area contributed by atoms with Crippen LogP contribution < -0.4 is 20.7 Å². The molecular formula is C25H31IN6O2. The molecular weight excluding hydrogens is 543 g/mol.